The maximum absolute atomic E-state index is 13.2. The average Bonchev–Trinajstić information content (AvgIpc) is 2.46. The molecule has 3 rings (SSSR count). The summed E-state index contributed by atoms with van der Waals surface area (Å²) in [6.45, 7) is 0.496. The Bertz CT molecular complexity index is 627. The molecule has 0 aliphatic carbocycles. The highest BCUT2D eigenvalue weighted by atomic mass is 19.1. The summed E-state index contributed by atoms with van der Waals surface area (Å²) in [6.07, 6.45) is 3.10. The Balaban J connectivity index is 1.98. The summed E-state index contributed by atoms with van der Waals surface area (Å²) < 4.78 is 18.7. The Hall–Kier alpha value is -2.23. The van der Waals surface area contributed by atoms with Gasteiger partial charge in [-0.3, -0.25) is 9.78 Å². The number of benzene rings is 1. The SMILES string of the molecule is O=C(c1cncc(F)c1)C1CCOc2ccccc21. The van der Waals surface area contributed by atoms with Crippen LogP contribution in [-0.2, 0) is 0 Å². The standard InChI is InChI=1S/C15H12FNO2/c16-11-7-10(8-17-9-11)15(18)13-5-6-19-14-4-2-1-3-12(13)14/h1-4,7-9,13H,5-6H2. The van der Waals surface area contributed by atoms with Crippen LogP contribution in [0.2, 0.25) is 0 Å². The summed E-state index contributed by atoms with van der Waals surface area (Å²) in [7, 11) is 0. The Morgan fingerprint density at radius 1 is 1.32 bits per heavy atom. The van der Waals surface area contributed by atoms with Crippen LogP contribution in [0, 0.1) is 5.82 Å². The summed E-state index contributed by atoms with van der Waals surface area (Å²) in [5, 5.41) is 0. The van der Waals surface area contributed by atoms with Crippen LogP contribution in [0.25, 0.3) is 0 Å². The number of ketones is 1. The summed E-state index contributed by atoms with van der Waals surface area (Å²) >= 11 is 0. The second kappa shape index (κ2) is 4.80. The summed E-state index contributed by atoms with van der Waals surface area (Å²) in [6, 6.07) is 8.70. The van der Waals surface area contributed by atoms with Gasteiger partial charge in [-0.25, -0.2) is 4.39 Å². The highest BCUT2D eigenvalue weighted by Gasteiger charge is 2.28. The number of hydrogen-bond donors (Lipinski definition) is 0. The van der Waals surface area contributed by atoms with E-state index in [1.165, 1.54) is 12.3 Å². The Morgan fingerprint density at radius 3 is 3.00 bits per heavy atom. The van der Waals surface area contributed by atoms with Crippen molar-refractivity contribution in [1.82, 2.24) is 4.98 Å². The highest BCUT2D eigenvalue weighted by molar-refractivity contribution is 6.01. The molecular formula is C15H12FNO2. The van der Waals surface area contributed by atoms with E-state index in [-0.39, 0.29) is 11.7 Å². The molecule has 4 heteroatoms. The lowest BCUT2D eigenvalue weighted by Gasteiger charge is -2.24. The van der Waals surface area contributed by atoms with Crippen LogP contribution < -0.4 is 4.74 Å². The van der Waals surface area contributed by atoms with E-state index in [2.05, 4.69) is 4.98 Å². The summed E-state index contributed by atoms with van der Waals surface area (Å²) in [5.74, 6) is -0.154. The van der Waals surface area contributed by atoms with Crippen molar-refractivity contribution in [3.8, 4) is 5.75 Å². The van der Waals surface area contributed by atoms with Crippen LogP contribution in [0.1, 0.15) is 28.3 Å². The minimum Gasteiger partial charge on any atom is -0.493 e. The van der Waals surface area contributed by atoms with Crippen molar-refractivity contribution in [3.63, 3.8) is 0 Å². The van der Waals surface area contributed by atoms with Crippen molar-refractivity contribution in [2.24, 2.45) is 0 Å². The van der Waals surface area contributed by atoms with E-state index in [1.807, 2.05) is 24.3 Å². The molecule has 0 fully saturated rings. The number of rotatable bonds is 2. The first-order valence-corrected chi connectivity index (χ1v) is 6.12. The summed E-state index contributed by atoms with van der Waals surface area (Å²) in [5.41, 5.74) is 1.17. The third-order valence-electron chi connectivity index (χ3n) is 3.26. The van der Waals surface area contributed by atoms with Crippen molar-refractivity contribution in [2.75, 3.05) is 6.61 Å². The number of nitrogens with zero attached hydrogens (tertiary/aromatic N) is 1. The number of halogens is 1. The largest absolute Gasteiger partial charge is 0.493 e. The van der Waals surface area contributed by atoms with E-state index in [4.69, 9.17) is 4.74 Å². The number of para-hydroxylation sites is 1. The van der Waals surface area contributed by atoms with Crippen molar-refractivity contribution in [1.29, 1.82) is 0 Å². The number of carbonyl (C=O) groups is 1. The molecule has 0 amide bonds. The van der Waals surface area contributed by atoms with Crippen LogP contribution in [0.15, 0.2) is 42.7 Å². The van der Waals surface area contributed by atoms with Gasteiger partial charge in [-0.05, 0) is 18.6 Å². The predicted molar refractivity (Wildman–Crippen MR) is 67.8 cm³/mol. The Morgan fingerprint density at radius 2 is 2.16 bits per heavy atom. The van der Waals surface area contributed by atoms with Gasteiger partial charge in [0.25, 0.3) is 0 Å². The number of carbonyl (C=O) groups excluding carboxylic acids is 1. The van der Waals surface area contributed by atoms with Crippen molar-refractivity contribution in [3.05, 3.63) is 59.7 Å². The van der Waals surface area contributed by atoms with Gasteiger partial charge in [0.2, 0.25) is 0 Å². The number of aromatic nitrogens is 1. The maximum Gasteiger partial charge on any atom is 0.172 e. The fraction of sp³-hybridized carbons (Fsp3) is 0.200. The quantitative estimate of drug-likeness (QED) is 0.776. The lowest BCUT2D eigenvalue weighted by Crippen LogP contribution is -2.21. The van der Waals surface area contributed by atoms with Crippen LogP contribution >= 0.6 is 0 Å². The molecule has 0 radical (unpaired) electrons. The molecular weight excluding hydrogens is 245 g/mol. The zero-order valence-corrected chi connectivity index (χ0v) is 10.2. The predicted octanol–water partition coefficient (Wildman–Crippen LogP) is 2.97. The number of pyridine rings is 1. The number of ether oxygens (including phenoxy) is 1. The van der Waals surface area contributed by atoms with Crippen LogP contribution in [0.4, 0.5) is 4.39 Å². The van der Waals surface area contributed by atoms with Crippen LogP contribution in [0.5, 0.6) is 5.75 Å². The third-order valence-corrected chi connectivity index (χ3v) is 3.26. The van der Waals surface area contributed by atoms with Crippen molar-refractivity contribution < 1.29 is 13.9 Å². The van der Waals surface area contributed by atoms with E-state index in [0.717, 1.165) is 17.5 Å². The van der Waals surface area contributed by atoms with Gasteiger partial charge in [0.05, 0.1) is 18.7 Å². The van der Waals surface area contributed by atoms with E-state index in [0.29, 0.717) is 18.6 Å². The molecule has 0 bridgehead atoms. The van der Waals surface area contributed by atoms with Crippen molar-refractivity contribution >= 4 is 5.78 Å². The van der Waals surface area contributed by atoms with E-state index in [9.17, 15) is 9.18 Å². The fourth-order valence-corrected chi connectivity index (χ4v) is 2.36. The molecule has 2 heterocycles. The van der Waals surface area contributed by atoms with E-state index >= 15 is 0 Å². The molecule has 1 aliphatic rings. The molecule has 1 aromatic carbocycles. The first kappa shape index (κ1) is 11.8. The van der Waals surface area contributed by atoms with Gasteiger partial charge >= 0.3 is 0 Å². The first-order valence-electron chi connectivity index (χ1n) is 6.12. The Kier molecular flexibility index (Phi) is 2.99. The highest BCUT2D eigenvalue weighted by Crippen LogP contribution is 2.35. The second-order valence-corrected chi connectivity index (χ2v) is 4.48. The first-order chi connectivity index (χ1) is 9.25. The van der Waals surface area contributed by atoms with Gasteiger partial charge in [0, 0.05) is 17.3 Å². The van der Waals surface area contributed by atoms with Gasteiger partial charge in [-0.1, -0.05) is 18.2 Å². The normalized spacial score (nSPS) is 17.4. The third kappa shape index (κ3) is 2.21. The van der Waals surface area contributed by atoms with Gasteiger partial charge < -0.3 is 4.74 Å². The van der Waals surface area contributed by atoms with Gasteiger partial charge in [-0.2, -0.15) is 0 Å². The smallest absolute Gasteiger partial charge is 0.172 e. The van der Waals surface area contributed by atoms with Crippen LogP contribution in [-0.4, -0.2) is 17.4 Å². The minimum atomic E-state index is -0.494. The van der Waals surface area contributed by atoms with Crippen molar-refractivity contribution in [2.45, 2.75) is 12.3 Å². The zero-order valence-electron chi connectivity index (χ0n) is 10.2. The molecule has 1 aromatic heterocycles. The van der Waals surface area contributed by atoms with E-state index in [1.54, 1.807) is 0 Å². The minimum absolute atomic E-state index is 0.109. The molecule has 1 unspecified atom stereocenters. The molecule has 0 spiro atoms. The molecule has 0 N–H and O–H groups in total. The van der Waals surface area contributed by atoms with Gasteiger partial charge in [0.1, 0.15) is 11.6 Å². The molecule has 0 saturated carbocycles. The lowest BCUT2D eigenvalue weighted by molar-refractivity contribution is 0.0932. The maximum atomic E-state index is 13.2. The zero-order chi connectivity index (χ0) is 13.2. The van der Waals surface area contributed by atoms with Crippen LogP contribution in [0.3, 0.4) is 0 Å². The second-order valence-electron chi connectivity index (χ2n) is 4.48. The molecule has 19 heavy (non-hydrogen) atoms. The lowest BCUT2D eigenvalue weighted by atomic mass is 9.87. The topological polar surface area (TPSA) is 39.2 Å². The molecule has 1 atom stereocenters. The molecule has 3 nitrogen and oxygen atoms in total. The average molecular weight is 257 g/mol. The summed E-state index contributed by atoms with van der Waals surface area (Å²) in [4.78, 5) is 16.2. The molecule has 2 aromatic rings. The fourth-order valence-electron chi connectivity index (χ4n) is 2.36. The molecule has 0 saturated heterocycles. The van der Waals surface area contributed by atoms with E-state index < -0.39 is 5.82 Å². The van der Waals surface area contributed by atoms with Gasteiger partial charge in [-0.15, -0.1) is 0 Å². The molecule has 1 aliphatic heterocycles. The monoisotopic (exact) mass is 257 g/mol. The van der Waals surface area contributed by atoms with Gasteiger partial charge in [0.15, 0.2) is 5.78 Å². The molecule has 96 valence electrons. The Labute approximate surface area is 110 Å². The number of hydrogen-bond acceptors (Lipinski definition) is 3. The number of fused-ring (bicyclic) bond motifs is 1. The number of Topliss-reactive ketones (excluding diaryl/α,β-unsaturated/α-hetero) is 1.